The first kappa shape index (κ1) is 15.9. The molecule has 1 atom stereocenters. The quantitative estimate of drug-likeness (QED) is 0.733. The van der Waals surface area contributed by atoms with Crippen LogP contribution in [0.2, 0.25) is 0 Å². The molecule has 1 aliphatic heterocycles. The third-order valence-corrected chi connectivity index (χ3v) is 4.47. The summed E-state index contributed by atoms with van der Waals surface area (Å²) in [5, 5.41) is 13.8. The van der Waals surface area contributed by atoms with E-state index in [1.54, 1.807) is 0 Å². The Balaban J connectivity index is 2.44. The summed E-state index contributed by atoms with van der Waals surface area (Å²) in [6.07, 6.45) is 3.80. The maximum atomic E-state index is 10.4. The SMILES string of the molecule is CCC1(CC)CCN(CC(C)(O)CNC(C)C)C1. The van der Waals surface area contributed by atoms with E-state index in [4.69, 9.17) is 0 Å². The Hall–Kier alpha value is -0.120. The first-order chi connectivity index (χ1) is 8.32. The van der Waals surface area contributed by atoms with Crippen LogP contribution in [0.4, 0.5) is 0 Å². The molecule has 0 aromatic rings. The molecule has 0 amide bonds. The van der Waals surface area contributed by atoms with Gasteiger partial charge in [-0.3, -0.25) is 4.90 Å². The Labute approximate surface area is 113 Å². The van der Waals surface area contributed by atoms with E-state index < -0.39 is 5.60 Å². The normalized spacial score (nSPS) is 23.5. The Morgan fingerprint density at radius 1 is 1.33 bits per heavy atom. The molecule has 1 rings (SSSR count). The summed E-state index contributed by atoms with van der Waals surface area (Å²) in [7, 11) is 0. The lowest BCUT2D eigenvalue weighted by molar-refractivity contribution is 0.0218. The van der Waals surface area contributed by atoms with Crippen molar-refractivity contribution < 1.29 is 5.11 Å². The molecule has 3 nitrogen and oxygen atoms in total. The molecule has 1 heterocycles. The van der Waals surface area contributed by atoms with Crippen molar-refractivity contribution >= 4 is 0 Å². The fourth-order valence-electron chi connectivity index (χ4n) is 2.95. The lowest BCUT2D eigenvalue weighted by Gasteiger charge is -2.32. The van der Waals surface area contributed by atoms with Gasteiger partial charge in [-0.2, -0.15) is 0 Å². The van der Waals surface area contributed by atoms with E-state index in [0.29, 0.717) is 18.0 Å². The molecular formula is C15H32N2O. The first-order valence-corrected chi connectivity index (χ1v) is 7.50. The molecule has 0 saturated carbocycles. The fraction of sp³-hybridized carbons (Fsp3) is 1.00. The van der Waals surface area contributed by atoms with Crippen LogP contribution < -0.4 is 5.32 Å². The van der Waals surface area contributed by atoms with Crippen LogP contribution in [0.15, 0.2) is 0 Å². The van der Waals surface area contributed by atoms with Crippen molar-refractivity contribution in [3.63, 3.8) is 0 Å². The molecule has 1 aliphatic rings. The molecule has 0 aliphatic carbocycles. The number of β-amino-alcohol motifs (C(OH)–C–C–N with tert-alkyl or cyclic N) is 1. The molecule has 0 aromatic heterocycles. The lowest BCUT2D eigenvalue weighted by atomic mass is 9.82. The Morgan fingerprint density at radius 2 is 1.94 bits per heavy atom. The molecule has 1 saturated heterocycles. The van der Waals surface area contributed by atoms with Crippen molar-refractivity contribution in [3.8, 4) is 0 Å². The van der Waals surface area contributed by atoms with Gasteiger partial charge in [-0.25, -0.2) is 0 Å². The van der Waals surface area contributed by atoms with Crippen LogP contribution in [0.5, 0.6) is 0 Å². The van der Waals surface area contributed by atoms with Gasteiger partial charge in [0.2, 0.25) is 0 Å². The summed E-state index contributed by atoms with van der Waals surface area (Å²) < 4.78 is 0. The van der Waals surface area contributed by atoms with Crippen molar-refractivity contribution in [2.75, 3.05) is 26.2 Å². The fourth-order valence-corrected chi connectivity index (χ4v) is 2.95. The molecule has 0 radical (unpaired) electrons. The van der Waals surface area contributed by atoms with Crippen molar-refractivity contribution in [2.24, 2.45) is 5.41 Å². The lowest BCUT2D eigenvalue weighted by Crippen LogP contribution is -2.48. The van der Waals surface area contributed by atoms with E-state index >= 15 is 0 Å². The maximum absolute atomic E-state index is 10.4. The van der Waals surface area contributed by atoms with E-state index in [1.807, 2.05) is 6.92 Å². The predicted molar refractivity (Wildman–Crippen MR) is 77.8 cm³/mol. The average Bonchev–Trinajstić information content (AvgIpc) is 2.70. The van der Waals surface area contributed by atoms with Crippen LogP contribution >= 0.6 is 0 Å². The topological polar surface area (TPSA) is 35.5 Å². The number of nitrogens with one attached hydrogen (secondary N) is 1. The van der Waals surface area contributed by atoms with Crippen molar-refractivity contribution in [3.05, 3.63) is 0 Å². The molecule has 1 fully saturated rings. The molecule has 2 N–H and O–H groups in total. The summed E-state index contributed by atoms with van der Waals surface area (Å²) in [6, 6.07) is 0.431. The largest absolute Gasteiger partial charge is 0.388 e. The molecule has 0 spiro atoms. The van der Waals surface area contributed by atoms with Gasteiger partial charge < -0.3 is 10.4 Å². The molecule has 0 bridgehead atoms. The summed E-state index contributed by atoms with van der Waals surface area (Å²) in [6.45, 7) is 14.5. The first-order valence-electron chi connectivity index (χ1n) is 7.50. The minimum atomic E-state index is -0.623. The number of rotatable bonds is 7. The van der Waals surface area contributed by atoms with Gasteiger partial charge in [0, 0.05) is 25.7 Å². The predicted octanol–water partition coefficient (Wildman–Crippen LogP) is 2.25. The van der Waals surface area contributed by atoms with E-state index in [1.165, 1.54) is 19.3 Å². The van der Waals surface area contributed by atoms with Crippen LogP contribution in [-0.4, -0.2) is 47.8 Å². The van der Waals surface area contributed by atoms with Crippen molar-refractivity contribution in [1.29, 1.82) is 0 Å². The Kier molecular flexibility index (Phi) is 5.63. The Morgan fingerprint density at radius 3 is 2.39 bits per heavy atom. The second-order valence-electron chi connectivity index (χ2n) is 6.70. The van der Waals surface area contributed by atoms with Gasteiger partial charge in [-0.05, 0) is 38.1 Å². The molecular weight excluding hydrogens is 224 g/mol. The zero-order chi connectivity index (χ0) is 13.8. The van der Waals surface area contributed by atoms with Crippen molar-refractivity contribution in [2.45, 2.75) is 65.5 Å². The zero-order valence-corrected chi connectivity index (χ0v) is 12.9. The molecule has 0 aromatic carbocycles. The smallest absolute Gasteiger partial charge is 0.0869 e. The highest BCUT2D eigenvalue weighted by atomic mass is 16.3. The van der Waals surface area contributed by atoms with Crippen LogP contribution in [-0.2, 0) is 0 Å². The van der Waals surface area contributed by atoms with Gasteiger partial charge in [0.1, 0.15) is 0 Å². The second kappa shape index (κ2) is 6.36. The van der Waals surface area contributed by atoms with Gasteiger partial charge in [0.25, 0.3) is 0 Å². The summed E-state index contributed by atoms with van der Waals surface area (Å²) in [4.78, 5) is 2.44. The molecule has 1 unspecified atom stereocenters. The number of hydrogen-bond donors (Lipinski definition) is 2. The van der Waals surface area contributed by atoms with Gasteiger partial charge in [-0.1, -0.05) is 27.7 Å². The van der Waals surface area contributed by atoms with Gasteiger partial charge >= 0.3 is 0 Å². The number of hydrogen-bond acceptors (Lipinski definition) is 3. The molecule has 108 valence electrons. The number of aliphatic hydroxyl groups is 1. The van der Waals surface area contributed by atoms with Crippen LogP contribution in [0, 0.1) is 5.41 Å². The monoisotopic (exact) mass is 256 g/mol. The molecule has 3 heteroatoms. The summed E-state index contributed by atoms with van der Waals surface area (Å²) in [5.74, 6) is 0. The summed E-state index contributed by atoms with van der Waals surface area (Å²) >= 11 is 0. The second-order valence-corrected chi connectivity index (χ2v) is 6.70. The van der Waals surface area contributed by atoms with Gasteiger partial charge in [0.05, 0.1) is 5.60 Å². The van der Waals surface area contributed by atoms with Gasteiger partial charge in [0.15, 0.2) is 0 Å². The average molecular weight is 256 g/mol. The number of nitrogens with zero attached hydrogens (tertiary/aromatic N) is 1. The van der Waals surface area contributed by atoms with E-state index in [0.717, 1.165) is 19.6 Å². The number of likely N-dealkylation sites (tertiary alicyclic amines) is 1. The van der Waals surface area contributed by atoms with Crippen LogP contribution in [0.3, 0.4) is 0 Å². The Bertz CT molecular complexity index is 247. The van der Waals surface area contributed by atoms with E-state index in [-0.39, 0.29) is 0 Å². The standard InChI is InChI=1S/C15H32N2O/c1-6-15(7-2)8-9-17(12-15)11-14(5,18)10-16-13(3)4/h13,16,18H,6-12H2,1-5H3. The third-order valence-electron chi connectivity index (χ3n) is 4.47. The highest BCUT2D eigenvalue weighted by molar-refractivity contribution is 4.91. The van der Waals surface area contributed by atoms with Crippen LogP contribution in [0.25, 0.3) is 0 Å². The highest BCUT2D eigenvalue weighted by Crippen LogP contribution is 2.37. The van der Waals surface area contributed by atoms with E-state index in [9.17, 15) is 5.11 Å². The van der Waals surface area contributed by atoms with Crippen molar-refractivity contribution in [1.82, 2.24) is 10.2 Å². The minimum absolute atomic E-state index is 0.431. The van der Waals surface area contributed by atoms with Crippen LogP contribution in [0.1, 0.15) is 53.9 Å². The highest BCUT2D eigenvalue weighted by Gasteiger charge is 2.37. The van der Waals surface area contributed by atoms with E-state index in [2.05, 4.69) is 37.9 Å². The van der Waals surface area contributed by atoms with Gasteiger partial charge in [-0.15, -0.1) is 0 Å². The zero-order valence-electron chi connectivity index (χ0n) is 12.9. The molecule has 18 heavy (non-hydrogen) atoms. The summed E-state index contributed by atoms with van der Waals surface area (Å²) in [5.41, 5.74) is -0.122. The maximum Gasteiger partial charge on any atom is 0.0869 e. The third kappa shape index (κ3) is 4.52. The minimum Gasteiger partial charge on any atom is -0.388 e.